The number of aliphatic hydroxyl groups excluding tert-OH is 1. The first-order chi connectivity index (χ1) is 16.0. The fraction of sp³-hybridized carbons (Fsp3) is 0.500. The number of rotatable bonds is 6. The summed E-state index contributed by atoms with van der Waals surface area (Å²) in [5.41, 5.74) is 0.233. The first-order valence-electron chi connectivity index (χ1n) is 11.0. The molecule has 9 nitrogen and oxygen atoms in total. The Labute approximate surface area is 194 Å². The summed E-state index contributed by atoms with van der Waals surface area (Å²) in [6, 6.07) is 7.16. The van der Waals surface area contributed by atoms with E-state index in [1.807, 2.05) is 38.1 Å². The monoisotopic (exact) mass is 476 g/mol. The fourth-order valence-electron chi connectivity index (χ4n) is 4.22. The Bertz CT molecular complexity index is 1150. The Kier molecular flexibility index (Phi) is 6.43. The van der Waals surface area contributed by atoms with Gasteiger partial charge in [0.2, 0.25) is 5.95 Å². The molecule has 1 aliphatic rings. The van der Waals surface area contributed by atoms with Gasteiger partial charge in [-0.3, -0.25) is 0 Å². The largest absolute Gasteiger partial charge is 0.421 e. The minimum Gasteiger partial charge on any atom is -0.393 e. The average Bonchev–Trinajstić information content (AvgIpc) is 3.20. The molecular formula is C22H27F3N8O. The third-order valence-corrected chi connectivity index (χ3v) is 6.18. The second kappa shape index (κ2) is 9.16. The summed E-state index contributed by atoms with van der Waals surface area (Å²) in [7, 11) is 0. The summed E-state index contributed by atoms with van der Waals surface area (Å²) in [5.74, 6) is 0.394. The van der Waals surface area contributed by atoms with Gasteiger partial charge >= 0.3 is 6.18 Å². The van der Waals surface area contributed by atoms with Crippen molar-refractivity contribution in [3.63, 3.8) is 0 Å². The minimum absolute atomic E-state index is 0.0637. The maximum atomic E-state index is 13.6. The van der Waals surface area contributed by atoms with Crippen molar-refractivity contribution in [1.29, 1.82) is 0 Å². The van der Waals surface area contributed by atoms with Crippen molar-refractivity contribution >= 4 is 11.8 Å². The van der Waals surface area contributed by atoms with Crippen LogP contribution in [0.4, 0.5) is 24.9 Å². The quantitative estimate of drug-likeness (QED) is 0.493. The topological polar surface area (TPSA) is 114 Å². The smallest absolute Gasteiger partial charge is 0.393 e. The predicted molar refractivity (Wildman–Crippen MR) is 119 cm³/mol. The highest BCUT2D eigenvalue weighted by molar-refractivity contribution is 5.50. The number of nitrogens with zero attached hydrogens (tertiary/aromatic N) is 6. The third-order valence-electron chi connectivity index (χ3n) is 6.18. The lowest BCUT2D eigenvalue weighted by atomic mass is 9.73. The van der Waals surface area contributed by atoms with E-state index in [1.54, 1.807) is 11.6 Å². The van der Waals surface area contributed by atoms with E-state index in [1.165, 1.54) is 0 Å². The average molecular weight is 477 g/mol. The molecule has 0 bridgehead atoms. The molecule has 1 aliphatic carbocycles. The number of benzene rings is 1. The second-order valence-electron chi connectivity index (χ2n) is 9.20. The molecule has 0 amide bonds. The van der Waals surface area contributed by atoms with E-state index in [-0.39, 0.29) is 24.4 Å². The number of hydrogen-bond acceptors (Lipinski definition) is 8. The van der Waals surface area contributed by atoms with Gasteiger partial charge in [0.15, 0.2) is 5.82 Å². The standard InChI is InChI=1S/C22H27F3N8O/c1-13-30-31-32-33(13)17-7-5-4-6-14(17)11-26-20-27-12-16(22(23,24)25)19(29-20)28-15-8-9-18(34)21(2,3)10-15/h4-7,12,15,18,34H,8-11H2,1-3H3,(H2,26,27,28,29)/t15-,18-/m1/s1. The van der Waals surface area contributed by atoms with E-state index in [4.69, 9.17) is 0 Å². The van der Waals surface area contributed by atoms with Crippen molar-refractivity contribution in [2.45, 2.75) is 64.9 Å². The van der Waals surface area contributed by atoms with Crippen LogP contribution < -0.4 is 10.6 Å². The molecule has 4 rings (SSSR count). The normalized spacial score (nSPS) is 20.2. The van der Waals surface area contributed by atoms with Crippen LogP contribution in [0.2, 0.25) is 0 Å². The Morgan fingerprint density at radius 3 is 2.65 bits per heavy atom. The summed E-state index contributed by atoms with van der Waals surface area (Å²) in [6.07, 6.45) is -2.72. The van der Waals surface area contributed by atoms with E-state index in [0.717, 1.165) is 17.4 Å². The van der Waals surface area contributed by atoms with Gasteiger partial charge in [-0.1, -0.05) is 32.0 Å². The van der Waals surface area contributed by atoms with E-state index in [2.05, 4.69) is 36.1 Å². The summed E-state index contributed by atoms with van der Waals surface area (Å²) in [5, 5.41) is 27.7. The van der Waals surface area contributed by atoms with Crippen LogP contribution in [0.3, 0.4) is 0 Å². The molecule has 1 fully saturated rings. The molecule has 0 aliphatic heterocycles. The highest BCUT2D eigenvalue weighted by atomic mass is 19.4. The first kappa shape index (κ1) is 23.9. The zero-order valence-electron chi connectivity index (χ0n) is 19.1. The van der Waals surface area contributed by atoms with E-state index >= 15 is 0 Å². The van der Waals surface area contributed by atoms with Gasteiger partial charge < -0.3 is 15.7 Å². The van der Waals surface area contributed by atoms with Gasteiger partial charge in [0.05, 0.1) is 11.8 Å². The number of hydrogen-bond donors (Lipinski definition) is 3. The predicted octanol–water partition coefficient (Wildman–Crippen LogP) is 3.74. The molecule has 1 saturated carbocycles. The molecule has 34 heavy (non-hydrogen) atoms. The van der Waals surface area contributed by atoms with Gasteiger partial charge in [0, 0.05) is 18.8 Å². The van der Waals surface area contributed by atoms with Gasteiger partial charge in [-0.05, 0) is 53.7 Å². The molecular weight excluding hydrogens is 449 g/mol. The van der Waals surface area contributed by atoms with Gasteiger partial charge in [0.25, 0.3) is 0 Å². The fourth-order valence-corrected chi connectivity index (χ4v) is 4.22. The lowest BCUT2D eigenvalue weighted by molar-refractivity contribution is -0.137. The van der Waals surface area contributed by atoms with Crippen LogP contribution in [0.5, 0.6) is 0 Å². The van der Waals surface area contributed by atoms with Gasteiger partial charge in [-0.25, -0.2) is 4.98 Å². The molecule has 2 heterocycles. The number of nitrogens with one attached hydrogen (secondary N) is 2. The number of aryl methyl sites for hydroxylation is 1. The zero-order valence-corrected chi connectivity index (χ0v) is 19.1. The second-order valence-corrected chi connectivity index (χ2v) is 9.20. The molecule has 2 atom stereocenters. The molecule has 12 heteroatoms. The number of aliphatic hydroxyl groups is 1. The summed E-state index contributed by atoms with van der Waals surface area (Å²) in [4.78, 5) is 8.06. The Hall–Kier alpha value is -3.28. The molecule has 0 saturated heterocycles. The number of aromatic nitrogens is 6. The van der Waals surface area contributed by atoms with Crippen molar-refractivity contribution in [3.05, 3.63) is 47.4 Å². The van der Waals surface area contributed by atoms with Crippen LogP contribution in [0.15, 0.2) is 30.5 Å². The maximum absolute atomic E-state index is 13.6. The number of halogens is 3. The van der Waals surface area contributed by atoms with Gasteiger partial charge in [0.1, 0.15) is 11.4 Å². The third kappa shape index (κ3) is 5.11. The Morgan fingerprint density at radius 2 is 1.97 bits per heavy atom. The maximum Gasteiger partial charge on any atom is 0.421 e. The van der Waals surface area contributed by atoms with Crippen LogP contribution >= 0.6 is 0 Å². The number of alkyl halides is 3. The van der Waals surface area contributed by atoms with Crippen molar-refractivity contribution < 1.29 is 18.3 Å². The van der Waals surface area contributed by atoms with Crippen LogP contribution in [0.1, 0.15) is 50.1 Å². The molecule has 3 aromatic rings. The molecule has 1 aromatic carbocycles. The highest BCUT2D eigenvalue weighted by Crippen LogP contribution is 2.39. The number of tetrazole rings is 1. The van der Waals surface area contributed by atoms with Gasteiger partial charge in [-0.2, -0.15) is 22.8 Å². The van der Waals surface area contributed by atoms with Crippen LogP contribution in [0, 0.1) is 12.3 Å². The van der Waals surface area contributed by atoms with E-state index in [0.29, 0.717) is 25.1 Å². The van der Waals surface area contributed by atoms with Crippen molar-refractivity contribution in [1.82, 2.24) is 30.2 Å². The van der Waals surface area contributed by atoms with Crippen LogP contribution in [-0.2, 0) is 12.7 Å². The molecule has 2 aromatic heterocycles. The number of anilines is 2. The van der Waals surface area contributed by atoms with Crippen LogP contribution in [-0.4, -0.2) is 47.4 Å². The lowest BCUT2D eigenvalue weighted by Crippen LogP contribution is -2.41. The van der Waals surface area contributed by atoms with E-state index in [9.17, 15) is 18.3 Å². The molecule has 0 radical (unpaired) electrons. The molecule has 0 spiro atoms. The van der Waals surface area contributed by atoms with Crippen molar-refractivity contribution in [2.24, 2.45) is 5.41 Å². The molecule has 3 N–H and O–H groups in total. The van der Waals surface area contributed by atoms with Crippen molar-refractivity contribution in [3.8, 4) is 5.69 Å². The minimum atomic E-state index is -4.60. The SMILES string of the molecule is Cc1nnnn1-c1ccccc1CNc1ncc(C(F)(F)F)c(N[C@@H]2CC[C@@H](O)C(C)(C)C2)n1. The van der Waals surface area contributed by atoms with Gasteiger partial charge in [-0.15, -0.1) is 5.10 Å². The zero-order chi connectivity index (χ0) is 24.5. The summed E-state index contributed by atoms with van der Waals surface area (Å²) < 4.78 is 42.5. The lowest BCUT2D eigenvalue weighted by Gasteiger charge is -2.40. The van der Waals surface area contributed by atoms with Crippen molar-refractivity contribution in [2.75, 3.05) is 10.6 Å². The Morgan fingerprint density at radius 1 is 1.21 bits per heavy atom. The molecule has 182 valence electrons. The van der Waals surface area contributed by atoms with Crippen LogP contribution in [0.25, 0.3) is 5.69 Å². The molecule has 0 unspecified atom stereocenters. The summed E-state index contributed by atoms with van der Waals surface area (Å²) >= 11 is 0. The summed E-state index contributed by atoms with van der Waals surface area (Å²) in [6.45, 7) is 5.84. The highest BCUT2D eigenvalue weighted by Gasteiger charge is 2.39. The Balaban J connectivity index is 1.56. The first-order valence-corrected chi connectivity index (χ1v) is 11.0. The number of para-hydroxylation sites is 1. The van der Waals surface area contributed by atoms with E-state index < -0.39 is 23.3 Å².